The van der Waals surface area contributed by atoms with E-state index < -0.39 is 6.10 Å². The Hall–Kier alpha value is -3.48. The molecule has 1 saturated heterocycles. The molecular formula is C28H35ClN10O. The van der Waals surface area contributed by atoms with Crippen LogP contribution >= 0.6 is 11.6 Å². The van der Waals surface area contributed by atoms with Crippen LogP contribution in [0.5, 0.6) is 0 Å². The maximum absolute atomic E-state index is 10.3. The molecule has 2 aliphatic carbocycles. The second-order valence-electron chi connectivity index (χ2n) is 10.9. The number of nitrogens with one attached hydrogen (secondary N) is 2. The Kier molecular flexibility index (Phi) is 8.11. The van der Waals surface area contributed by atoms with Crippen molar-refractivity contribution in [1.29, 1.82) is 10.5 Å². The molecule has 2 aromatic heterocycles. The van der Waals surface area contributed by atoms with E-state index in [1.165, 1.54) is 10.7 Å². The van der Waals surface area contributed by atoms with Gasteiger partial charge >= 0.3 is 0 Å². The van der Waals surface area contributed by atoms with Crippen LogP contribution in [-0.4, -0.2) is 66.9 Å². The van der Waals surface area contributed by atoms with E-state index >= 15 is 0 Å². The van der Waals surface area contributed by atoms with Gasteiger partial charge in [0.2, 0.25) is 5.95 Å². The van der Waals surface area contributed by atoms with E-state index in [-0.39, 0.29) is 25.3 Å². The van der Waals surface area contributed by atoms with Gasteiger partial charge in [-0.1, -0.05) is 19.0 Å². The van der Waals surface area contributed by atoms with Gasteiger partial charge in [0.15, 0.2) is 17.2 Å². The Balaban J connectivity index is 0.00000323. The minimum Gasteiger partial charge on any atom is -0.391 e. The molecule has 210 valence electrons. The highest BCUT2D eigenvalue weighted by atomic mass is 35.5. The number of anilines is 3. The first-order valence-corrected chi connectivity index (χ1v) is 13.9. The van der Waals surface area contributed by atoms with Crippen molar-refractivity contribution in [2.45, 2.75) is 82.5 Å². The SMILES string of the molecule is C.N#Cc1cc(Nc2nc(NC3CC3)c3ncc(C#N)n3n2)c(Cl)c(C2CCN(C3CC[C@@H](N)[C@H](O)C3)CC2)c1. The number of rotatable bonds is 6. The molecule has 3 aromatic rings. The summed E-state index contributed by atoms with van der Waals surface area (Å²) < 4.78 is 1.47. The van der Waals surface area contributed by atoms with Gasteiger partial charge in [0.05, 0.1) is 34.6 Å². The lowest BCUT2D eigenvalue weighted by molar-refractivity contribution is 0.0374. The molecule has 6 rings (SSSR count). The van der Waals surface area contributed by atoms with Crippen LogP contribution < -0.4 is 16.4 Å². The summed E-state index contributed by atoms with van der Waals surface area (Å²) >= 11 is 6.96. The van der Waals surface area contributed by atoms with Crippen LogP contribution in [0.25, 0.3) is 5.65 Å². The zero-order chi connectivity index (χ0) is 27.1. The van der Waals surface area contributed by atoms with Crippen molar-refractivity contribution in [1.82, 2.24) is 24.5 Å². The minimum atomic E-state index is -0.440. The van der Waals surface area contributed by atoms with Crippen LogP contribution in [0.1, 0.15) is 75.1 Å². The Morgan fingerprint density at radius 1 is 1.07 bits per heavy atom. The van der Waals surface area contributed by atoms with Gasteiger partial charge in [-0.05, 0) is 81.6 Å². The van der Waals surface area contributed by atoms with Crippen molar-refractivity contribution in [2.24, 2.45) is 5.73 Å². The number of aliphatic hydroxyl groups excluding tert-OH is 1. The van der Waals surface area contributed by atoms with Crippen molar-refractivity contribution in [2.75, 3.05) is 23.7 Å². The summed E-state index contributed by atoms with van der Waals surface area (Å²) in [6.45, 7) is 1.81. The van der Waals surface area contributed by atoms with Gasteiger partial charge in [0, 0.05) is 18.1 Å². The number of hydrogen-bond acceptors (Lipinski definition) is 10. The van der Waals surface area contributed by atoms with Crippen LogP contribution in [0.3, 0.4) is 0 Å². The smallest absolute Gasteiger partial charge is 0.247 e. The minimum absolute atomic E-state index is 0. The lowest BCUT2D eigenvalue weighted by atomic mass is 9.84. The largest absolute Gasteiger partial charge is 0.391 e. The third kappa shape index (κ3) is 5.56. The molecule has 3 atom stereocenters. The van der Waals surface area contributed by atoms with E-state index in [4.69, 9.17) is 17.3 Å². The lowest BCUT2D eigenvalue weighted by Crippen LogP contribution is -2.49. The number of halogens is 1. The predicted molar refractivity (Wildman–Crippen MR) is 153 cm³/mol. The summed E-state index contributed by atoms with van der Waals surface area (Å²) in [6.07, 6.45) is 7.53. The van der Waals surface area contributed by atoms with Crippen molar-refractivity contribution >= 4 is 34.7 Å². The summed E-state index contributed by atoms with van der Waals surface area (Å²) in [6, 6.07) is 8.51. The van der Waals surface area contributed by atoms with Crippen LogP contribution in [0.4, 0.5) is 17.5 Å². The molecule has 12 heteroatoms. The van der Waals surface area contributed by atoms with Crippen LogP contribution in [0.15, 0.2) is 18.3 Å². The molecular weight excluding hydrogens is 528 g/mol. The van der Waals surface area contributed by atoms with Gasteiger partial charge in [0.25, 0.3) is 0 Å². The van der Waals surface area contributed by atoms with Crippen molar-refractivity contribution in [3.05, 3.63) is 40.2 Å². The Morgan fingerprint density at radius 2 is 1.85 bits per heavy atom. The quantitative estimate of drug-likeness (QED) is 0.346. The number of nitriles is 2. The fourth-order valence-corrected chi connectivity index (χ4v) is 6.11. The number of benzene rings is 1. The number of nitrogens with zero attached hydrogens (tertiary/aromatic N) is 7. The third-order valence-electron chi connectivity index (χ3n) is 8.20. The fraction of sp³-hybridized carbons (Fsp3) is 0.536. The summed E-state index contributed by atoms with van der Waals surface area (Å²) in [7, 11) is 0. The Labute approximate surface area is 239 Å². The molecule has 11 nitrogen and oxygen atoms in total. The first-order chi connectivity index (χ1) is 18.9. The van der Waals surface area contributed by atoms with Gasteiger partial charge in [-0.3, -0.25) is 0 Å². The molecule has 0 spiro atoms. The molecule has 1 aliphatic heterocycles. The number of fused-ring (bicyclic) bond motifs is 1. The van der Waals surface area contributed by atoms with E-state index in [0.717, 1.165) is 63.6 Å². The Morgan fingerprint density at radius 3 is 2.52 bits per heavy atom. The highest BCUT2D eigenvalue weighted by Gasteiger charge is 2.33. The number of likely N-dealkylation sites (tertiary alicyclic amines) is 1. The number of hydrogen-bond donors (Lipinski definition) is 4. The van der Waals surface area contributed by atoms with E-state index in [1.807, 2.05) is 6.07 Å². The number of nitrogens with two attached hydrogens (primary N) is 1. The van der Waals surface area contributed by atoms with Gasteiger partial charge in [-0.25, -0.2) is 4.98 Å². The van der Waals surface area contributed by atoms with E-state index in [1.54, 1.807) is 6.07 Å². The molecule has 2 saturated carbocycles. The number of aromatic nitrogens is 4. The normalized spacial score (nSPS) is 23.7. The highest BCUT2D eigenvalue weighted by molar-refractivity contribution is 6.34. The standard InChI is InChI=1S/C27H31ClN10O.CH4/c28-24-20(16-5-7-37(8-6-16)18-3-4-21(31)23(39)11-18)9-15(12-29)10-22(24)34-27-35-25(33-17-1-2-17)26-32-14-19(13-30)38(26)36-27;/h9-10,14,16-18,21,23,39H,1-8,11,31H2,(H2,33,34,35,36);1H4/t18?,21-,23-;/m1./s1. The first-order valence-electron chi connectivity index (χ1n) is 13.5. The second kappa shape index (κ2) is 11.6. The average Bonchev–Trinajstić information content (AvgIpc) is 3.67. The molecule has 1 unspecified atom stereocenters. The van der Waals surface area contributed by atoms with Crippen LogP contribution in [0, 0.1) is 22.7 Å². The molecule has 0 radical (unpaired) electrons. The highest BCUT2D eigenvalue weighted by Crippen LogP contribution is 2.40. The lowest BCUT2D eigenvalue weighted by Gasteiger charge is -2.42. The second-order valence-corrected chi connectivity index (χ2v) is 11.2. The molecule has 3 fully saturated rings. The van der Waals surface area contributed by atoms with Gasteiger partial charge in [-0.2, -0.15) is 20.0 Å². The number of aliphatic hydroxyl groups is 1. The number of imidazole rings is 1. The van der Waals surface area contributed by atoms with Crippen LogP contribution in [0.2, 0.25) is 5.02 Å². The number of piperidine rings is 1. The predicted octanol–water partition coefficient (Wildman–Crippen LogP) is 3.90. The summed E-state index contributed by atoms with van der Waals surface area (Å²) in [5, 5.41) is 41.2. The van der Waals surface area contributed by atoms with Gasteiger partial charge in [0.1, 0.15) is 6.07 Å². The van der Waals surface area contributed by atoms with Crippen LogP contribution in [-0.2, 0) is 0 Å². The molecule has 0 amide bonds. The Bertz CT molecular complexity index is 1460. The molecule has 5 N–H and O–H groups in total. The van der Waals surface area contributed by atoms with E-state index in [2.05, 4.69) is 42.7 Å². The van der Waals surface area contributed by atoms with E-state index in [9.17, 15) is 15.6 Å². The molecule has 40 heavy (non-hydrogen) atoms. The monoisotopic (exact) mass is 562 g/mol. The zero-order valence-electron chi connectivity index (χ0n) is 21.5. The topological polar surface area (TPSA) is 164 Å². The van der Waals surface area contributed by atoms with E-state index in [0.29, 0.717) is 45.5 Å². The fourth-order valence-electron chi connectivity index (χ4n) is 5.80. The summed E-state index contributed by atoms with van der Waals surface area (Å²) in [5.74, 6) is 1.00. The van der Waals surface area contributed by atoms with Gasteiger partial charge < -0.3 is 26.4 Å². The molecule has 0 bridgehead atoms. The first kappa shape index (κ1) is 28.1. The molecule has 1 aromatic carbocycles. The van der Waals surface area contributed by atoms with Crippen molar-refractivity contribution in [3.8, 4) is 12.1 Å². The maximum atomic E-state index is 10.3. The third-order valence-corrected chi connectivity index (χ3v) is 8.62. The zero-order valence-corrected chi connectivity index (χ0v) is 22.3. The van der Waals surface area contributed by atoms with Crippen molar-refractivity contribution in [3.63, 3.8) is 0 Å². The summed E-state index contributed by atoms with van der Waals surface area (Å²) in [5.41, 5.74) is 8.77. The van der Waals surface area contributed by atoms with Gasteiger partial charge in [-0.15, -0.1) is 5.10 Å². The maximum Gasteiger partial charge on any atom is 0.247 e. The molecule has 3 aliphatic rings. The molecule has 3 heterocycles. The van der Waals surface area contributed by atoms with Crippen molar-refractivity contribution < 1.29 is 5.11 Å². The summed E-state index contributed by atoms with van der Waals surface area (Å²) in [4.78, 5) is 11.4. The average molecular weight is 563 g/mol.